The molecule has 10 heteroatoms. The lowest BCUT2D eigenvalue weighted by Crippen LogP contribution is -2.35. The Labute approximate surface area is 183 Å². The number of rotatable bonds is 3. The molecular weight excluding hydrogens is 481 g/mol. The number of fused-ring (bicyclic) bond motifs is 1. The topological polar surface area (TPSA) is 59.0 Å². The fourth-order valence-corrected chi connectivity index (χ4v) is 4.77. The van der Waals surface area contributed by atoms with Gasteiger partial charge in [-0.2, -0.15) is 18.3 Å². The summed E-state index contributed by atoms with van der Waals surface area (Å²) in [5.74, 6) is -0.436. The van der Waals surface area contributed by atoms with E-state index in [4.69, 9.17) is 0 Å². The molecule has 0 aliphatic carbocycles. The summed E-state index contributed by atoms with van der Waals surface area (Å²) in [6.07, 6.45) is -4.71. The van der Waals surface area contributed by atoms with Crippen molar-refractivity contribution in [3.8, 4) is 0 Å². The van der Waals surface area contributed by atoms with Gasteiger partial charge in [-0.25, -0.2) is 4.68 Å². The predicted molar refractivity (Wildman–Crippen MR) is 114 cm³/mol. The van der Waals surface area contributed by atoms with Gasteiger partial charge in [0.2, 0.25) is 0 Å². The van der Waals surface area contributed by atoms with Crippen molar-refractivity contribution in [1.82, 2.24) is 9.78 Å². The molecule has 0 bridgehead atoms. The minimum Gasteiger partial charge on any atom is -0.362 e. The third-order valence-electron chi connectivity index (χ3n) is 5.16. The summed E-state index contributed by atoms with van der Waals surface area (Å²) in [5, 5.41) is 11.7. The van der Waals surface area contributed by atoms with Gasteiger partial charge in [-0.3, -0.25) is 4.79 Å². The second kappa shape index (κ2) is 7.73. The van der Waals surface area contributed by atoms with Crippen LogP contribution in [-0.4, -0.2) is 21.9 Å². The summed E-state index contributed by atoms with van der Waals surface area (Å²) in [5.41, 5.74) is 2.52. The number of aromatic nitrogens is 2. The number of benzene rings is 1. The molecule has 3 aromatic rings. The number of alkyl halides is 3. The Hall–Kier alpha value is -2.33. The summed E-state index contributed by atoms with van der Waals surface area (Å²) in [7, 11) is 0. The number of amides is 1. The number of carbonyl (C=O) groups excluding carboxylic acids is 1. The van der Waals surface area contributed by atoms with Gasteiger partial charge in [0.1, 0.15) is 5.82 Å². The van der Waals surface area contributed by atoms with Crippen LogP contribution >= 0.6 is 27.3 Å². The highest BCUT2D eigenvalue weighted by atomic mass is 79.9. The average Bonchev–Trinajstić information content (AvgIpc) is 3.32. The molecule has 1 aromatic carbocycles. The van der Waals surface area contributed by atoms with Crippen molar-refractivity contribution >= 4 is 44.7 Å². The first kappa shape index (κ1) is 20.9. The van der Waals surface area contributed by atoms with Gasteiger partial charge >= 0.3 is 6.18 Å². The number of carbonyl (C=O) groups is 1. The Bertz CT molecular complexity index is 1090. The van der Waals surface area contributed by atoms with Crippen LogP contribution < -0.4 is 10.6 Å². The van der Waals surface area contributed by atoms with Crippen molar-refractivity contribution in [1.29, 1.82) is 0 Å². The second-order valence-corrected chi connectivity index (χ2v) is 8.99. The Kier molecular flexibility index (Phi) is 5.39. The van der Waals surface area contributed by atoms with E-state index in [0.717, 1.165) is 20.7 Å². The van der Waals surface area contributed by atoms with Crippen LogP contribution in [0.25, 0.3) is 0 Å². The van der Waals surface area contributed by atoms with Gasteiger partial charge < -0.3 is 10.6 Å². The van der Waals surface area contributed by atoms with Crippen LogP contribution in [0.1, 0.15) is 45.0 Å². The van der Waals surface area contributed by atoms with E-state index in [-0.39, 0.29) is 22.4 Å². The largest absolute Gasteiger partial charge is 0.410 e. The predicted octanol–water partition coefficient (Wildman–Crippen LogP) is 6.24. The Morgan fingerprint density at radius 1 is 1.30 bits per heavy atom. The molecule has 2 atom stereocenters. The number of halogens is 4. The third kappa shape index (κ3) is 3.85. The third-order valence-corrected chi connectivity index (χ3v) is 6.90. The van der Waals surface area contributed by atoms with Crippen molar-refractivity contribution in [3.05, 3.63) is 61.9 Å². The maximum Gasteiger partial charge on any atom is 0.410 e. The van der Waals surface area contributed by atoms with E-state index in [2.05, 4.69) is 31.7 Å². The molecule has 4 rings (SSSR count). The first-order valence-electron chi connectivity index (χ1n) is 9.18. The summed E-state index contributed by atoms with van der Waals surface area (Å²) in [6, 6.07) is 6.66. The molecule has 2 aromatic heterocycles. The molecule has 0 radical (unpaired) electrons. The number of aryl methyl sites for hydroxylation is 2. The molecule has 1 aliphatic heterocycles. The Morgan fingerprint density at radius 2 is 2.07 bits per heavy atom. The lowest BCUT2D eigenvalue weighted by Gasteiger charge is -2.33. The van der Waals surface area contributed by atoms with Crippen LogP contribution in [-0.2, 0) is 0 Å². The number of hydrogen-bond donors (Lipinski definition) is 2. The van der Waals surface area contributed by atoms with Crippen molar-refractivity contribution in [2.24, 2.45) is 0 Å². The van der Waals surface area contributed by atoms with Gasteiger partial charge in [0.15, 0.2) is 11.7 Å². The lowest BCUT2D eigenvalue weighted by atomic mass is 10.0. The van der Waals surface area contributed by atoms with Gasteiger partial charge in [-0.1, -0.05) is 12.1 Å². The molecule has 3 heterocycles. The summed E-state index contributed by atoms with van der Waals surface area (Å²) >= 11 is 4.68. The zero-order chi connectivity index (χ0) is 21.6. The van der Waals surface area contributed by atoms with E-state index < -0.39 is 24.2 Å². The Morgan fingerprint density at radius 3 is 2.70 bits per heavy atom. The quantitative estimate of drug-likeness (QED) is 0.449. The SMILES string of the molecule is Cc1ccc(NC(=O)c2nn3c(c2Br)N[C@H](c2cccs2)C[C@H]3C(F)(F)F)cc1C. The highest BCUT2D eigenvalue weighted by Gasteiger charge is 2.48. The molecule has 0 spiro atoms. The lowest BCUT2D eigenvalue weighted by molar-refractivity contribution is -0.173. The van der Waals surface area contributed by atoms with E-state index >= 15 is 0 Å². The molecule has 0 saturated heterocycles. The van der Waals surface area contributed by atoms with Crippen LogP contribution in [0.5, 0.6) is 0 Å². The van der Waals surface area contributed by atoms with Crippen LogP contribution in [0.15, 0.2) is 40.2 Å². The molecule has 0 unspecified atom stereocenters. The van der Waals surface area contributed by atoms with E-state index in [0.29, 0.717) is 5.69 Å². The average molecular weight is 499 g/mol. The number of nitrogens with one attached hydrogen (secondary N) is 2. The van der Waals surface area contributed by atoms with Crippen molar-refractivity contribution in [2.45, 2.75) is 38.5 Å². The first-order valence-corrected chi connectivity index (χ1v) is 10.9. The maximum absolute atomic E-state index is 13.8. The van der Waals surface area contributed by atoms with Gasteiger partial charge in [0, 0.05) is 17.0 Å². The zero-order valence-corrected chi connectivity index (χ0v) is 18.5. The van der Waals surface area contributed by atoms with Crippen molar-refractivity contribution in [3.63, 3.8) is 0 Å². The van der Waals surface area contributed by atoms with E-state index in [1.807, 2.05) is 25.3 Å². The molecule has 30 heavy (non-hydrogen) atoms. The monoisotopic (exact) mass is 498 g/mol. The zero-order valence-electron chi connectivity index (χ0n) is 16.0. The Balaban J connectivity index is 1.69. The molecule has 0 saturated carbocycles. The highest BCUT2D eigenvalue weighted by molar-refractivity contribution is 9.10. The van der Waals surface area contributed by atoms with E-state index in [9.17, 15) is 18.0 Å². The van der Waals surface area contributed by atoms with Crippen LogP contribution in [0, 0.1) is 13.8 Å². The standard InChI is InChI=1S/C20H18BrF3N4OS/c1-10-5-6-12(8-11(10)2)25-19(29)17-16(21)18-26-13(14-4-3-7-30-14)9-15(20(22,23)24)28(18)27-17/h3-8,13,15,26H,9H2,1-2H3,(H,25,29)/t13-,15-/m0/s1. The molecule has 158 valence electrons. The molecule has 2 N–H and O–H groups in total. The number of anilines is 2. The fraction of sp³-hybridized carbons (Fsp3) is 0.300. The number of hydrogen-bond acceptors (Lipinski definition) is 4. The van der Waals surface area contributed by atoms with Gasteiger partial charge in [-0.05, 0) is 64.5 Å². The van der Waals surface area contributed by atoms with Gasteiger partial charge in [-0.15, -0.1) is 11.3 Å². The number of nitrogens with zero attached hydrogens (tertiary/aromatic N) is 2. The van der Waals surface area contributed by atoms with Gasteiger partial charge in [0.05, 0.1) is 10.5 Å². The maximum atomic E-state index is 13.8. The highest BCUT2D eigenvalue weighted by Crippen LogP contribution is 2.46. The van der Waals surface area contributed by atoms with Crippen molar-refractivity contribution < 1.29 is 18.0 Å². The summed E-state index contributed by atoms with van der Waals surface area (Å²) in [6.45, 7) is 3.87. The molecule has 1 amide bonds. The van der Waals surface area contributed by atoms with Crippen LogP contribution in [0.2, 0.25) is 0 Å². The minimum absolute atomic E-state index is 0.100. The number of thiophene rings is 1. The summed E-state index contributed by atoms with van der Waals surface area (Å²) in [4.78, 5) is 13.6. The molecular formula is C20H18BrF3N4OS. The smallest absolute Gasteiger partial charge is 0.362 e. The first-order chi connectivity index (χ1) is 14.1. The van der Waals surface area contributed by atoms with Gasteiger partial charge in [0.25, 0.3) is 5.91 Å². The van der Waals surface area contributed by atoms with E-state index in [1.54, 1.807) is 24.3 Å². The minimum atomic E-state index is -4.50. The van der Waals surface area contributed by atoms with Crippen molar-refractivity contribution in [2.75, 3.05) is 10.6 Å². The van der Waals surface area contributed by atoms with Crippen LogP contribution in [0.3, 0.4) is 0 Å². The molecule has 5 nitrogen and oxygen atoms in total. The summed E-state index contributed by atoms with van der Waals surface area (Å²) < 4.78 is 42.5. The molecule has 0 fully saturated rings. The normalized spacial score (nSPS) is 18.6. The van der Waals surface area contributed by atoms with E-state index in [1.165, 1.54) is 11.3 Å². The molecule has 1 aliphatic rings. The fourth-order valence-electron chi connectivity index (χ4n) is 3.42. The van der Waals surface area contributed by atoms with Crippen LogP contribution in [0.4, 0.5) is 24.7 Å². The second-order valence-electron chi connectivity index (χ2n) is 7.21.